The molecule has 3 aromatic rings. The number of benzene rings is 1. The molecule has 0 saturated carbocycles. The van der Waals surface area contributed by atoms with E-state index in [0.29, 0.717) is 6.54 Å². The van der Waals surface area contributed by atoms with Gasteiger partial charge in [-0.25, -0.2) is 4.79 Å². The molecule has 6 heteroatoms. The maximum Gasteiger partial charge on any atom is 0.319 e. The smallest absolute Gasteiger partial charge is 0.319 e. The molecule has 2 aromatic heterocycles. The highest BCUT2D eigenvalue weighted by atomic mass is 16.2. The molecule has 0 bridgehead atoms. The molecule has 2 N–H and O–H groups in total. The molecule has 0 aliphatic carbocycles. The lowest BCUT2D eigenvalue weighted by Gasteiger charge is -2.10. The number of urea groups is 1. The average molecular weight is 321 g/mol. The van der Waals surface area contributed by atoms with Gasteiger partial charge in [-0.05, 0) is 36.2 Å². The summed E-state index contributed by atoms with van der Waals surface area (Å²) in [6, 6.07) is 11.2. The highest BCUT2D eigenvalue weighted by Crippen LogP contribution is 2.20. The van der Waals surface area contributed by atoms with Gasteiger partial charge in [0.15, 0.2) is 0 Å². The summed E-state index contributed by atoms with van der Waals surface area (Å²) < 4.78 is 1.73. The Kier molecular flexibility index (Phi) is 4.56. The third kappa shape index (κ3) is 3.78. The van der Waals surface area contributed by atoms with Crippen molar-refractivity contribution in [3.63, 3.8) is 0 Å². The zero-order valence-electron chi connectivity index (χ0n) is 13.7. The van der Waals surface area contributed by atoms with Gasteiger partial charge >= 0.3 is 6.03 Å². The molecule has 3 rings (SSSR count). The fourth-order valence-corrected chi connectivity index (χ4v) is 2.46. The summed E-state index contributed by atoms with van der Waals surface area (Å²) in [5, 5.41) is 9.87. The average Bonchev–Trinajstić information content (AvgIpc) is 2.99. The predicted molar refractivity (Wildman–Crippen MR) is 93.5 cm³/mol. The minimum absolute atomic E-state index is 0.249. The first-order valence-electron chi connectivity index (χ1n) is 7.66. The molecule has 0 unspecified atom stereocenters. The molecule has 0 fully saturated rings. The molecular weight excluding hydrogens is 302 g/mol. The minimum atomic E-state index is -0.249. The molecule has 0 spiro atoms. The van der Waals surface area contributed by atoms with E-state index in [1.807, 2.05) is 56.6 Å². The van der Waals surface area contributed by atoms with Crippen LogP contribution in [-0.2, 0) is 13.6 Å². The summed E-state index contributed by atoms with van der Waals surface area (Å²) in [4.78, 5) is 16.5. The van der Waals surface area contributed by atoms with Crippen LogP contribution in [0.3, 0.4) is 0 Å². The monoisotopic (exact) mass is 321 g/mol. The zero-order valence-corrected chi connectivity index (χ0v) is 13.7. The second-order valence-electron chi connectivity index (χ2n) is 5.59. The van der Waals surface area contributed by atoms with Crippen LogP contribution < -0.4 is 10.6 Å². The van der Waals surface area contributed by atoms with Crippen LogP contribution in [0.4, 0.5) is 10.5 Å². The van der Waals surface area contributed by atoms with Gasteiger partial charge in [0.2, 0.25) is 0 Å². The maximum atomic E-state index is 12.1. The van der Waals surface area contributed by atoms with Gasteiger partial charge in [0.25, 0.3) is 0 Å². The summed E-state index contributed by atoms with van der Waals surface area (Å²) in [7, 11) is 1.86. The van der Waals surface area contributed by atoms with Crippen LogP contribution >= 0.6 is 0 Å². The van der Waals surface area contributed by atoms with E-state index in [4.69, 9.17) is 0 Å². The van der Waals surface area contributed by atoms with Crippen molar-refractivity contribution in [3.8, 4) is 11.3 Å². The topological polar surface area (TPSA) is 71.8 Å². The number of pyridine rings is 1. The Balaban J connectivity index is 1.67. The van der Waals surface area contributed by atoms with Crippen molar-refractivity contribution in [1.82, 2.24) is 20.1 Å². The Hall–Kier alpha value is -3.15. The zero-order chi connectivity index (χ0) is 16.9. The Bertz CT molecular complexity index is 856. The SMILES string of the molecule is Cc1cccc(NC(=O)NCc2cccnc2-c2cnn(C)c2)c1. The van der Waals surface area contributed by atoms with E-state index < -0.39 is 0 Å². The summed E-state index contributed by atoms with van der Waals surface area (Å²) >= 11 is 0. The van der Waals surface area contributed by atoms with E-state index in [1.54, 1.807) is 17.1 Å². The van der Waals surface area contributed by atoms with Crippen LogP contribution in [0, 0.1) is 6.92 Å². The van der Waals surface area contributed by atoms with Gasteiger partial charge in [-0.15, -0.1) is 0 Å². The van der Waals surface area contributed by atoms with Crippen LogP contribution in [0.2, 0.25) is 0 Å². The van der Waals surface area contributed by atoms with Crippen molar-refractivity contribution in [2.75, 3.05) is 5.32 Å². The van der Waals surface area contributed by atoms with E-state index in [2.05, 4.69) is 20.7 Å². The predicted octanol–water partition coefficient (Wildman–Crippen LogP) is 3.11. The molecule has 2 amide bonds. The molecule has 122 valence electrons. The largest absolute Gasteiger partial charge is 0.334 e. The van der Waals surface area contributed by atoms with Gasteiger partial charge in [0.1, 0.15) is 0 Å². The van der Waals surface area contributed by atoms with Gasteiger partial charge < -0.3 is 10.6 Å². The number of hydrogen-bond acceptors (Lipinski definition) is 3. The maximum absolute atomic E-state index is 12.1. The fourth-order valence-electron chi connectivity index (χ4n) is 2.46. The van der Waals surface area contributed by atoms with Gasteiger partial charge in [0, 0.05) is 37.2 Å². The number of carbonyl (C=O) groups excluding carboxylic acids is 1. The van der Waals surface area contributed by atoms with Gasteiger partial charge in [0.05, 0.1) is 11.9 Å². The van der Waals surface area contributed by atoms with Crippen molar-refractivity contribution in [3.05, 3.63) is 66.1 Å². The van der Waals surface area contributed by atoms with Crippen molar-refractivity contribution in [2.45, 2.75) is 13.5 Å². The second kappa shape index (κ2) is 6.95. The number of nitrogens with one attached hydrogen (secondary N) is 2. The quantitative estimate of drug-likeness (QED) is 0.775. The lowest BCUT2D eigenvalue weighted by atomic mass is 10.1. The first-order valence-corrected chi connectivity index (χ1v) is 7.66. The molecule has 0 radical (unpaired) electrons. The molecular formula is C18H19N5O. The standard InChI is InChI=1S/C18H19N5O/c1-13-5-3-7-16(9-13)22-18(24)20-10-14-6-4-8-19-17(14)15-11-21-23(2)12-15/h3-9,11-12H,10H2,1-2H3,(H2,20,22,24). The fraction of sp³-hybridized carbons (Fsp3) is 0.167. The molecule has 2 heterocycles. The van der Waals surface area contributed by atoms with Crippen molar-refractivity contribution < 1.29 is 4.79 Å². The lowest BCUT2D eigenvalue weighted by Crippen LogP contribution is -2.28. The van der Waals surface area contributed by atoms with Crippen LogP contribution in [0.15, 0.2) is 55.0 Å². The Labute approximate surface area is 140 Å². The van der Waals surface area contributed by atoms with E-state index >= 15 is 0 Å². The number of nitrogens with zero attached hydrogens (tertiary/aromatic N) is 3. The highest BCUT2D eigenvalue weighted by Gasteiger charge is 2.09. The molecule has 0 saturated heterocycles. The molecule has 24 heavy (non-hydrogen) atoms. The van der Waals surface area contributed by atoms with Gasteiger partial charge in [-0.3, -0.25) is 9.67 Å². The van der Waals surface area contributed by atoms with Crippen LogP contribution in [0.25, 0.3) is 11.3 Å². The van der Waals surface area contributed by atoms with E-state index in [-0.39, 0.29) is 6.03 Å². The van der Waals surface area contributed by atoms with Crippen LogP contribution in [0.5, 0.6) is 0 Å². The molecule has 0 atom stereocenters. The van der Waals surface area contributed by atoms with Crippen molar-refractivity contribution >= 4 is 11.7 Å². The summed E-state index contributed by atoms with van der Waals surface area (Å²) in [6.45, 7) is 2.37. The molecule has 0 aliphatic heterocycles. The number of amides is 2. The highest BCUT2D eigenvalue weighted by molar-refractivity contribution is 5.89. The number of anilines is 1. The number of rotatable bonds is 4. The Morgan fingerprint density at radius 1 is 1.25 bits per heavy atom. The van der Waals surface area contributed by atoms with Crippen LogP contribution in [0.1, 0.15) is 11.1 Å². The summed E-state index contributed by atoms with van der Waals surface area (Å²) in [6.07, 6.45) is 5.40. The Morgan fingerprint density at radius 2 is 2.12 bits per heavy atom. The van der Waals surface area contributed by atoms with Gasteiger partial charge in [-0.2, -0.15) is 5.10 Å². The molecule has 0 aliphatic rings. The van der Waals surface area contributed by atoms with E-state index in [1.165, 1.54) is 0 Å². The van der Waals surface area contributed by atoms with Gasteiger partial charge in [-0.1, -0.05) is 18.2 Å². The third-order valence-electron chi connectivity index (χ3n) is 3.58. The number of aromatic nitrogens is 3. The normalized spacial score (nSPS) is 10.4. The third-order valence-corrected chi connectivity index (χ3v) is 3.58. The first kappa shape index (κ1) is 15.7. The van der Waals surface area contributed by atoms with Crippen LogP contribution in [-0.4, -0.2) is 20.8 Å². The summed E-state index contributed by atoms with van der Waals surface area (Å²) in [5.74, 6) is 0. The van der Waals surface area contributed by atoms with Crippen molar-refractivity contribution in [2.24, 2.45) is 7.05 Å². The van der Waals surface area contributed by atoms with E-state index in [9.17, 15) is 4.79 Å². The first-order chi connectivity index (χ1) is 11.6. The minimum Gasteiger partial charge on any atom is -0.334 e. The number of aryl methyl sites for hydroxylation is 2. The second-order valence-corrected chi connectivity index (χ2v) is 5.59. The molecule has 6 nitrogen and oxygen atoms in total. The lowest BCUT2D eigenvalue weighted by molar-refractivity contribution is 0.252. The Morgan fingerprint density at radius 3 is 2.88 bits per heavy atom. The number of hydrogen-bond donors (Lipinski definition) is 2. The number of carbonyl (C=O) groups is 1. The van der Waals surface area contributed by atoms with Crippen molar-refractivity contribution in [1.29, 1.82) is 0 Å². The molecule has 1 aromatic carbocycles. The summed E-state index contributed by atoms with van der Waals surface area (Å²) in [5.41, 5.74) is 4.55. The van der Waals surface area contributed by atoms with E-state index in [0.717, 1.165) is 28.1 Å².